The number of hydrogen-bond acceptors (Lipinski definition) is 4. The molecule has 2 N–H and O–H groups in total. The number of aliphatic hydroxyl groups is 1. The molecule has 2 rings (SSSR count). The van der Waals surface area contributed by atoms with Gasteiger partial charge in [0.2, 0.25) is 0 Å². The molecule has 0 aliphatic heterocycles. The predicted octanol–water partition coefficient (Wildman–Crippen LogP) is 3.71. The predicted molar refractivity (Wildman–Crippen MR) is 84.1 cm³/mol. The quantitative estimate of drug-likeness (QED) is 0.815. The molecule has 0 saturated carbocycles. The molecule has 0 spiro atoms. The Morgan fingerprint density at radius 1 is 1.17 bits per heavy atom. The van der Waals surface area contributed by atoms with Crippen LogP contribution >= 0.6 is 0 Å². The minimum Gasteiger partial charge on any atom is -0.496 e. The van der Waals surface area contributed by atoms with Gasteiger partial charge in [-0.05, 0) is 30.7 Å². The number of anilines is 1. The van der Waals surface area contributed by atoms with Gasteiger partial charge in [-0.3, -0.25) is 0 Å². The van der Waals surface area contributed by atoms with E-state index in [2.05, 4.69) is 10.1 Å². The number of nitrogens with one attached hydrogen (secondary N) is 1. The lowest BCUT2D eigenvalue weighted by Gasteiger charge is -2.15. The summed E-state index contributed by atoms with van der Waals surface area (Å²) in [7, 11) is 1.53. The molecule has 0 radical (unpaired) electrons. The van der Waals surface area contributed by atoms with E-state index in [4.69, 9.17) is 4.74 Å². The third-order valence-electron chi connectivity index (χ3n) is 3.43. The van der Waals surface area contributed by atoms with Gasteiger partial charge in [0.1, 0.15) is 11.5 Å². The Bertz CT molecular complexity index is 662. The van der Waals surface area contributed by atoms with Gasteiger partial charge in [-0.25, -0.2) is 0 Å². The highest BCUT2D eigenvalue weighted by molar-refractivity contribution is 5.52. The Morgan fingerprint density at radius 3 is 2.61 bits per heavy atom. The number of aryl methyl sites for hydroxylation is 1. The van der Waals surface area contributed by atoms with Gasteiger partial charge in [0, 0.05) is 23.4 Å². The minimum absolute atomic E-state index is 0.150. The maximum Gasteiger partial charge on any atom is 0.387 e. The Hall–Kier alpha value is -2.34. The fourth-order valence-corrected chi connectivity index (χ4v) is 2.32. The van der Waals surface area contributed by atoms with Gasteiger partial charge >= 0.3 is 6.61 Å². The van der Waals surface area contributed by atoms with Crippen molar-refractivity contribution in [1.29, 1.82) is 0 Å². The number of para-hydroxylation sites is 1. The lowest BCUT2D eigenvalue weighted by molar-refractivity contribution is -0.0508. The van der Waals surface area contributed by atoms with Gasteiger partial charge in [-0.1, -0.05) is 18.2 Å². The molecule has 0 aliphatic carbocycles. The van der Waals surface area contributed by atoms with Crippen LogP contribution < -0.4 is 14.8 Å². The summed E-state index contributed by atoms with van der Waals surface area (Å²) in [5.74, 6) is 0.779. The average molecular weight is 323 g/mol. The highest BCUT2D eigenvalue weighted by Crippen LogP contribution is 2.27. The fraction of sp³-hybridized carbons (Fsp3) is 0.294. The fourth-order valence-electron chi connectivity index (χ4n) is 2.32. The zero-order chi connectivity index (χ0) is 16.8. The third-order valence-corrected chi connectivity index (χ3v) is 3.43. The van der Waals surface area contributed by atoms with Crippen molar-refractivity contribution in [2.45, 2.75) is 26.7 Å². The normalized spacial score (nSPS) is 10.7. The van der Waals surface area contributed by atoms with Crippen LogP contribution in [0.1, 0.15) is 16.7 Å². The van der Waals surface area contributed by atoms with Crippen LogP contribution in [0.25, 0.3) is 0 Å². The molecule has 0 unspecified atom stereocenters. The molecule has 0 bridgehead atoms. The van der Waals surface area contributed by atoms with E-state index in [9.17, 15) is 13.9 Å². The Balaban J connectivity index is 2.16. The van der Waals surface area contributed by atoms with Gasteiger partial charge in [0.25, 0.3) is 0 Å². The maximum absolute atomic E-state index is 12.5. The summed E-state index contributed by atoms with van der Waals surface area (Å²) in [6, 6.07) is 10.5. The standard InChI is InChI=1S/C17H19F2NO3/c1-11-4-3-5-12(16(11)23-17(18)19)9-20-14-6-7-15(22-2)13(8-14)10-21/h3-8,17,20-21H,9-10H2,1-2H3. The molecule has 0 atom stereocenters. The van der Waals surface area contributed by atoms with Crippen LogP contribution in [0.4, 0.5) is 14.5 Å². The smallest absolute Gasteiger partial charge is 0.387 e. The zero-order valence-electron chi connectivity index (χ0n) is 13.0. The largest absolute Gasteiger partial charge is 0.496 e. The Labute approximate surface area is 133 Å². The van der Waals surface area contributed by atoms with Crippen LogP contribution in [0.15, 0.2) is 36.4 Å². The monoisotopic (exact) mass is 323 g/mol. The second kappa shape index (κ2) is 7.78. The summed E-state index contributed by atoms with van der Waals surface area (Å²) in [6.45, 7) is -0.973. The summed E-state index contributed by atoms with van der Waals surface area (Å²) < 4.78 is 34.8. The van der Waals surface area contributed by atoms with Crippen molar-refractivity contribution in [2.75, 3.05) is 12.4 Å². The third kappa shape index (κ3) is 4.32. The van der Waals surface area contributed by atoms with E-state index in [0.717, 1.165) is 5.69 Å². The topological polar surface area (TPSA) is 50.7 Å². The van der Waals surface area contributed by atoms with Gasteiger partial charge in [0.15, 0.2) is 0 Å². The molecule has 0 heterocycles. The molecule has 0 aromatic heterocycles. The molecule has 4 nitrogen and oxygen atoms in total. The number of rotatable bonds is 7. The van der Waals surface area contributed by atoms with E-state index in [-0.39, 0.29) is 12.4 Å². The van der Waals surface area contributed by atoms with Crippen molar-refractivity contribution in [3.63, 3.8) is 0 Å². The second-order valence-electron chi connectivity index (χ2n) is 4.98. The van der Waals surface area contributed by atoms with Crippen molar-refractivity contribution >= 4 is 5.69 Å². The number of aliphatic hydroxyl groups excluding tert-OH is 1. The first-order valence-electron chi connectivity index (χ1n) is 7.10. The van der Waals surface area contributed by atoms with E-state index in [1.807, 2.05) is 0 Å². The molecule has 124 valence electrons. The van der Waals surface area contributed by atoms with E-state index < -0.39 is 6.61 Å². The van der Waals surface area contributed by atoms with E-state index in [1.54, 1.807) is 43.3 Å². The van der Waals surface area contributed by atoms with Crippen LogP contribution in [0.2, 0.25) is 0 Å². The van der Waals surface area contributed by atoms with Gasteiger partial charge < -0.3 is 19.9 Å². The highest BCUT2D eigenvalue weighted by Gasteiger charge is 2.12. The molecule has 2 aromatic rings. The van der Waals surface area contributed by atoms with Crippen LogP contribution in [0, 0.1) is 6.92 Å². The molecular weight excluding hydrogens is 304 g/mol. The van der Waals surface area contributed by atoms with Crippen LogP contribution in [0.3, 0.4) is 0 Å². The molecule has 0 saturated heterocycles. The maximum atomic E-state index is 12.5. The second-order valence-corrected chi connectivity index (χ2v) is 4.98. The SMILES string of the molecule is COc1ccc(NCc2cccc(C)c2OC(F)F)cc1CO. The molecular formula is C17H19F2NO3. The average Bonchev–Trinajstić information content (AvgIpc) is 2.54. The summed E-state index contributed by atoms with van der Waals surface area (Å²) >= 11 is 0. The van der Waals surface area contributed by atoms with Crippen molar-refractivity contribution in [3.05, 3.63) is 53.1 Å². The zero-order valence-corrected chi connectivity index (χ0v) is 13.0. The lowest BCUT2D eigenvalue weighted by atomic mass is 10.1. The number of alkyl halides is 2. The van der Waals surface area contributed by atoms with Gasteiger partial charge in [0.05, 0.1) is 13.7 Å². The van der Waals surface area contributed by atoms with E-state index in [1.165, 1.54) is 7.11 Å². The Morgan fingerprint density at radius 2 is 1.96 bits per heavy atom. The van der Waals surface area contributed by atoms with Crippen molar-refractivity contribution in [2.24, 2.45) is 0 Å². The first-order valence-corrected chi connectivity index (χ1v) is 7.10. The van der Waals surface area contributed by atoms with Gasteiger partial charge in [-0.15, -0.1) is 0 Å². The van der Waals surface area contributed by atoms with Crippen molar-refractivity contribution in [1.82, 2.24) is 0 Å². The van der Waals surface area contributed by atoms with Crippen LogP contribution in [0.5, 0.6) is 11.5 Å². The first kappa shape index (κ1) is 17.0. The number of halogens is 2. The number of ether oxygens (including phenoxy) is 2. The van der Waals surface area contributed by atoms with E-state index >= 15 is 0 Å². The van der Waals surface area contributed by atoms with Crippen LogP contribution in [-0.4, -0.2) is 18.8 Å². The van der Waals surface area contributed by atoms with Crippen LogP contribution in [-0.2, 0) is 13.2 Å². The first-order chi connectivity index (χ1) is 11.0. The number of methoxy groups -OCH3 is 1. The molecule has 0 fully saturated rings. The summed E-state index contributed by atoms with van der Waals surface area (Å²) in [5.41, 5.74) is 2.67. The molecule has 2 aromatic carbocycles. The Kier molecular flexibility index (Phi) is 5.76. The molecule has 0 amide bonds. The number of hydrogen-bond donors (Lipinski definition) is 2. The number of benzene rings is 2. The molecule has 6 heteroatoms. The summed E-state index contributed by atoms with van der Waals surface area (Å²) in [5, 5.41) is 12.5. The lowest BCUT2D eigenvalue weighted by Crippen LogP contribution is -2.08. The minimum atomic E-state index is -2.86. The summed E-state index contributed by atoms with van der Waals surface area (Å²) in [4.78, 5) is 0. The van der Waals surface area contributed by atoms with Gasteiger partial charge in [-0.2, -0.15) is 8.78 Å². The molecule has 0 aliphatic rings. The van der Waals surface area contributed by atoms with Crippen molar-refractivity contribution in [3.8, 4) is 11.5 Å². The molecule has 23 heavy (non-hydrogen) atoms. The summed E-state index contributed by atoms with van der Waals surface area (Å²) in [6.07, 6.45) is 0. The van der Waals surface area contributed by atoms with Crippen molar-refractivity contribution < 1.29 is 23.4 Å². The highest BCUT2D eigenvalue weighted by atomic mass is 19.3. The van der Waals surface area contributed by atoms with E-state index in [0.29, 0.717) is 29.0 Å².